The lowest BCUT2D eigenvalue weighted by Crippen LogP contribution is -2.19. The topological polar surface area (TPSA) is 17.1 Å². The SMILES string of the molecule is O=C1CCCCC1F. The van der Waals surface area contributed by atoms with Crippen LogP contribution in [0.4, 0.5) is 4.39 Å². The van der Waals surface area contributed by atoms with Gasteiger partial charge in [0.25, 0.3) is 0 Å². The van der Waals surface area contributed by atoms with Crippen LogP contribution in [0.5, 0.6) is 0 Å². The van der Waals surface area contributed by atoms with E-state index in [1.165, 1.54) is 0 Å². The van der Waals surface area contributed by atoms with Gasteiger partial charge in [-0.15, -0.1) is 0 Å². The van der Waals surface area contributed by atoms with Gasteiger partial charge in [0.2, 0.25) is 0 Å². The summed E-state index contributed by atoms with van der Waals surface area (Å²) in [4.78, 5) is 10.4. The van der Waals surface area contributed by atoms with Crippen molar-refractivity contribution in [3.8, 4) is 0 Å². The van der Waals surface area contributed by atoms with Crippen LogP contribution in [0.3, 0.4) is 0 Å². The summed E-state index contributed by atoms with van der Waals surface area (Å²) in [7, 11) is 0. The first-order valence-corrected chi connectivity index (χ1v) is 2.97. The third-order valence-corrected chi connectivity index (χ3v) is 1.48. The Balaban J connectivity index is 2.39. The van der Waals surface area contributed by atoms with Gasteiger partial charge in [-0.1, -0.05) is 0 Å². The van der Waals surface area contributed by atoms with E-state index in [1.807, 2.05) is 0 Å². The maximum absolute atomic E-state index is 12.2. The molecule has 1 rings (SSSR count). The molecular weight excluding hydrogens is 107 g/mol. The van der Waals surface area contributed by atoms with Crippen LogP contribution in [0, 0.1) is 0 Å². The average molecular weight is 116 g/mol. The average Bonchev–Trinajstić information content (AvgIpc) is 1.77. The van der Waals surface area contributed by atoms with Gasteiger partial charge in [0.1, 0.15) is 0 Å². The second-order valence-electron chi connectivity index (χ2n) is 2.18. The van der Waals surface area contributed by atoms with Gasteiger partial charge in [0.15, 0.2) is 12.0 Å². The normalized spacial score (nSPS) is 30.6. The number of carbonyl (C=O) groups is 1. The molecule has 0 N–H and O–H groups in total. The second kappa shape index (κ2) is 2.25. The molecule has 0 saturated heterocycles. The van der Waals surface area contributed by atoms with Gasteiger partial charge in [-0.25, -0.2) is 4.39 Å². The van der Waals surface area contributed by atoms with Crippen molar-refractivity contribution in [3.05, 3.63) is 0 Å². The number of hydrogen-bond donors (Lipinski definition) is 0. The van der Waals surface area contributed by atoms with Gasteiger partial charge in [-0.2, -0.15) is 0 Å². The van der Waals surface area contributed by atoms with Crippen LogP contribution in [0.15, 0.2) is 0 Å². The third kappa shape index (κ3) is 1.05. The summed E-state index contributed by atoms with van der Waals surface area (Å²) >= 11 is 0. The Kier molecular flexibility index (Phi) is 1.61. The Bertz CT molecular complexity index is 101. The molecule has 1 saturated carbocycles. The van der Waals surface area contributed by atoms with Crippen molar-refractivity contribution in [3.63, 3.8) is 0 Å². The Morgan fingerprint density at radius 3 is 2.62 bits per heavy atom. The Labute approximate surface area is 47.9 Å². The molecule has 1 atom stereocenters. The summed E-state index contributed by atoms with van der Waals surface area (Å²) in [5.74, 6) is -0.198. The van der Waals surface area contributed by atoms with Crippen molar-refractivity contribution >= 4 is 5.78 Å². The number of rotatable bonds is 0. The molecule has 0 heterocycles. The van der Waals surface area contributed by atoms with E-state index >= 15 is 0 Å². The summed E-state index contributed by atoms with van der Waals surface area (Å²) in [5, 5.41) is 0. The Morgan fingerprint density at radius 2 is 2.25 bits per heavy atom. The van der Waals surface area contributed by atoms with Crippen molar-refractivity contribution in [2.24, 2.45) is 0 Å². The van der Waals surface area contributed by atoms with Crippen molar-refractivity contribution < 1.29 is 9.18 Å². The molecule has 1 aliphatic carbocycles. The van der Waals surface area contributed by atoms with Crippen LogP contribution in [-0.4, -0.2) is 12.0 Å². The molecule has 0 amide bonds. The molecule has 46 valence electrons. The lowest BCUT2D eigenvalue weighted by Gasteiger charge is -2.11. The fourth-order valence-corrected chi connectivity index (χ4v) is 0.940. The van der Waals surface area contributed by atoms with E-state index in [-0.39, 0.29) is 5.78 Å². The highest BCUT2D eigenvalue weighted by Gasteiger charge is 2.20. The zero-order valence-electron chi connectivity index (χ0n) is 4.69. The maximum Gasteiger partial charge on any atom is 0.166 e. The van der Waals surface area contributed by atoms with E-state index in [0.717, 1.165) is 12.8 Å². The van der Waals surface area contributed by atoms with Crippen molar-refractivity contribution in [2.45, 2.75) is 31.9 Å². The molecule has 0 aromatic rings. The van der Waals surface area contributed by atoms with Crippen LogP contribution < -0.4 is 0 Å². The number of halogens is 1. The predicted octanol–water partition coefficient (Wildman–Crippen LogP) is 1.47. The molecule has 0 aromatic carbocycles. The fourth-order valence-electron chi connectivity index (χ4n) is 0.940. The molecule has 1 nitrogen and oxygen atoms in total. The zero-order chi connectivity index (χ0) is 5.98. The second-order valence-corrected chi connectivity index (χ2v) is 2.18. The lowest BCUT2D eigenvalue weighted by molar-refractivity contribution is -0.125. The van der Waals surface area contributed by atoms with Gasteiger partial charge in [-0.05, 0) is 19.3 Å². The van der Waals surface area contributed by atoms with Crippen LogP contribution in [0.25, 0.3) is 0 Å². The van der Waals surface area contributed by atoms with E-state index in [0.29, 0.717) is 12.8 Å². The van der Waals surface area contributed by atoms with E-state index in [4.69, 9.17) is 0 Å². The van der Waals surface area contributed by atoms with Crippen molar-refractivity contribution in [1.82, 2.24) is 0 Å². The number of carbonyl (C=O) groups excluding carboxylic acids is 1. The summed E-state index contributed by atoms with van der Waals surface area (Å²) in [6, 6.07) is 0. The highest BCUT2D eigenvalue weighted by molar-refractivity contribution is 5.83. The predicted molar refractivity (Wildman–Crippen MR) is 28.4 cm³/mol. The summed E-state index contributed by atoms with van der Waals surface area (Å²) in [5.41, 5.74) is 0. The van der Waals surface area contributed by atoms with E-state index in [9.17, 15) is 9.18 Å². The monoisotopic (exact) mass is 116 g/mol. The lowest BCUT2D eigenvalue weighted by atomic mass is 9.98. The van der Waals surface area contributed by atoms with Gasteiger partial charge < -0.3 is 0 Å². The highest BCUT2D eigenvalue weighted by Crippen LogP contribution is 2.16. The van der Waals surface area contributed by atoms with Crippen LogP contribution in [0.2, 0.25) is 0 Å². The Morgan fingerprint density at radius 1 is 1.50 bits per heavy atom. The standard InChI is InChI=1S/C6H9FO/c7-5-3-1-2-4-6(5)8/h5H,1-4H2. The van der Waals surface area contributed by atoms with Crippen LogP contribution in [0.1, 0.15) is 25.7 Å². The van der Waals surface area contributed by atoms with E-state index in [2.05, 4.69) is 0 Å². The van der Waals surface area contributed by atoms with Crippen LogP contribution in [-0.2, 0) is 4.79 Å². The summed E-state index contributed by atoms with van der Waals surface area (Å²) in [6.07, 6.45) is 1.55. The van der Waals surface area contributed by atoms with Gasteiger partial charge in [0.05, 0.1) is 0 Å². The molecule has 0 aromatic heterocycles. The zero-order valence-corrected chi connectivity index (χ0v) is 4.69. The van der Waals surface area contributed by atoms with Crippen molar-refractivity contribution in [2.75, 3.05) is 0 Å². The van der Waals surface area contributed by atoms with E-state index < -0.39 is 6.17 Å². The number of alkyl halides is 1. The number of hydrogen-bond acceptors (Lipinski definition) is 1. The summed E-state index contributed by atoms with van der Waals surface area (Å²) < 4.78 is 12.2. The molecule has 0 bridgehead atoms. The smallest absolute Gasteiger partial charge is 0.166 e. The minimum absolute atomic E-state index is 0.198. The molecule has 1 aliphatic rings. The molecule has 8 heavy (non-hydrogen) atoms. The van der Waals surface area contributed by atoms with Gasteiger partial charge in [-0.3, -0.25) is 4.79 Å². The minimum Gasteiger partial charge on any atom is -0.296 e. The molecule has 0 radical (unpaired) electrons. The van der Waals surface area contributed by atoms with E-state index in [1.54, 1.807) is 0 Å². The molecule has 1 fully saturated rings. The number of Topliss-reactive ketones (excluding diaryl/α,β-unsaturated/α-hetero) is 1. The fraction of sp³-hybridized carbons (Fsp3) is 0.833. The number of ketones is 1. The molecular formula is C6H9FO. The quantitative estimate of drug-likeness (QED) is 0.468. The van der Waals surface area contributed by atoms with Crippen LogP contribution >= 0.6 is 0 Å². The molecule has 0 aliphatic heterocycles. The van der Waals surface area contributed by atoms with Crippen molar-refractivity contribution in [1.29, 1.82) is 0 Å². The first-order valence-electron chi connectivity index (χ1n) is 2.97. The first kappa shape index (κ1) is 5.73. The third-order valence-electron chi connectivity index (χ3n) is 1.48. The summed E-state index contributed by atoms with van der Waals surface area (Å²) in [6.45, 7) is 0. The van der Waals surface area contributed by atoms with Gasteiger partial charge in [0, 0.05) is 6.42 Å². The maximum atomic E-state index is 12.2. The minimum atomic E-state index is -1.14. The Hall–Kier alpha value is -0.400. The molecule has 0 spiro atoms. The molecule has 1 unspecified atom stereocenters. The first-order chi connectivity index (χ1) is 3.80. The highest BCUT2D eigenvalue weighted by atomic mass is 19.1. The molecule has 2 heteroatoms. The van der Waals surface area contributed by atoms with Gasteiger partial charge >= 0.3 is 0 Å². The largest absolute Gasteiger partial charge is 0.296 e.